The zero-order valence-electron chi connectivity index (χ0n) is 11.4. The number of benzene rings is 2. The van der Waals surface area contributed by atoms with Crippen molar-refractivity contribution < 1.29 is 14.3 Å². The number of rotatable bonds is 4. The molecule has 0 spiro atoms. The first-order chi connectivity index (χ1) is 10.1. The Morgan fingerprint density at radius 2 is 1.67 bits per heavy atom. The molecule has 0 aliphatic rings. The van der Waals surface area contributed by atoms with Crippen molar-refractivity contribution >= 4 is 34.8 Å². The molecule has 6 heteroatoms. The van der Waals surface area contributed by atoms with E-state index in [1.165, 1.54) is 14.2 Å². The fourth-order valence-corrected chi connectivity index (χ4v) is 2.50. The van der Waals surface area contributed by atoms with Crippen molar-refractivity contribution in [3.05, 3.63) is 52.0 Å². The predicted molar refractivity (Wildman–Crippen MR) is 84.0 cm³/mol. The van der Waals surface area contributed by atoms with Crippen molar-refractivity contribution in [2.45, 2.75) is 0 Å². The monoisotopic (exact) mass is 325 g/mol. The van der Waals surface area contributed by atoms with Crippen molar-refractivity contribution in [1.82, 2.24) is 0 Å². The van der Waals surface area contributed by atoms with E-state index in [-0.39, 0.29) is 5.91 Å². The number of anilines is 1. The molecule has 1 N–H and O–H groups in total. The quantitative estimate of drug-likeness (QED) is 0.913. The van der Waals surface area contributed by atoms with Crippen LogP contribution in [0.5, 0.6) is 11.5 Å². The summed E-state index contributed by atoms with van der Waals surface area (Å²) in [6.45, 7) is 0. The molecule has 0 aliphatic carbocycles. The van der Waals surface area contributed by atoms with Crippen LogP contribution in [0.2, 0.25) is 10.0 Å². The molecule has 0 saturated heterocycles. The van der Waals surface area contributed by atoms with Crippen LogP contribution in [-0.2, 0) is 0 Å². The zero-order chi connectivity index (χ0) is 15.4. The highest BCUT2D eigenvalue weighted by Crippen LogP contribution is 2.35. The average molecular weight is 326 g/mol. The Kier molecular flexibility index (Phi) is 4.94. The number of nitrogens with one attached hydrogen (secondary N) is 1. The molecule has 110 valence electrons. The van der Waals surface area contributed by atoms with Crippen LogP contribution in [0.3, 0.4) is 0 Å². The summed E-state index contributed by atoms with van der Waals surface area (Å²) in [6.07, 6.45) is 0. The highest BCUT2D eigenvalue weighted by Gasteiger charge is 2.14. The third kappa shape index (κ3) is 3.40. The summed E-state index contributed by atoms with van der Waals surface area (Å²) in [5.41, 5.74) is 0.893. The van der Waals surface area contributed by atoms with Gasteiger partial charge in [0.2, 0.25) is 0 Å². The van der Waals surface area contributed by atoms with Gasteiger partial charge < -0.3 is 14.8 Å². The molecule has 21 heavy (non-hydrogen) atoms. The second kappa shape index (κ2) is 6.70. The van der Waals surface area contributed by atoms with Crippen LogP contribution < -0.4 is 14.8 Å². The molecule has 0 aromatic heterocycles. The maximum Gasteiger partial charge on any atom is 0.259 e. The normalized spacial score (nSPS) is 10.1. The molecule has 0 heterocycles. The van der Waals surface area contributed by atoms with E-state index in [4.69, 9.17) is 32.7 Å². The number of hydrogen-bond donors (Lipinski definition) is 1. The Labute approximate surface area is 132 Å². The fourth-order valence-electron chi connectivity index (χ4n) is 1.86. The first-order valence-corrected chi connectivity index (χ1v) is 6.79. The van der Waals surface area contributed by atoms with Crippen molar-refractivity contribution in [2.75, 3.05) is 19.5 Å². The topological polar surface area (TPSA) is 47.6 Å². The molecular weight excluding hydrogens is 313 g/mol. The summed E-state index contributed by atoms with van der Waals surface area (Å²) < 4.78 is 10.2. The van der Waals surface area contributed by atoms with E-state index in [1.807, 2.05) is 0 Å². The van der Waals surface area contributed by atoms with Gasteiger partial charge in [0.1, 0.15) is 5.75 Å². The molecule has 2 aromatic carbocycles. The number of hydrogen-bond acceptors (Lipinski definition) is 3. The number of amides is 1. The molecule has 2 rings (SSSR count). The van der Waals surface area contributed by atoms with Crippen molar-refractivity contribution in [2.24, 2.45) is 0 Å². The van der Waals surface area contributed by atoms with Gasteiger partial charge in [-0.2, -0.15) is 0 Å². The van der Waals surface area contributed by atoms with Gasteiger partial charge in [0.15, 0.2) is 5.75 Å². The minimum absolute atomic E-state index is 0.315. The van der Waals surface area contributed by atoms with E-state index in [2.05, 4.69) is 5.32 Å². The van der Waals surface area contributed by atoms with Gasteiger partial charge in [-0.1, -0.05) is 35.3 Å². The van der Waals surface area contributed by atoms with Gasteiger partial charge in [-0.15, -0.1) is 0 Å². The zero-order valence-corrected chi connectivity index (χ0v) is 13.0. The summed E-state index contributed by atoms with van der Waals surface area (Å²) >= 11 is 12.1. The fraction of sp³-hybridized carbons (Fsp3) is 0.133. The van der Waals surface area contributed by atoms with Crippen LogP contribution >= 0.6 is 23.2 Å². The van der Waals surface area contributed by atoms with Crippen LogP contribution in [0.25, 0.3) is 0 Å². The van der Waals surface area contributed by atoms with Gasteiger partial charge in [-0.05, 0) is 24.3 Å². The molecule has 0 fully saturated rings. The predicted octanol–water partition coefficient (Wildman–Crippen LogP) is 4.26. The Morgan fingerprint density at radius 1 is 1.05 bits per heavy atom. The summed E-state index contributed by atoms with van der Waals surface area (Å²) in [7, 11) is 2.98. The lowest BCUT2D eigenvalue weighted by Crippen LogP contribution is -2.13. The minimum Gasteiger partial charge on any atom is -0.496 e. The number of carbonyl (C=O) groups excluding carboxylic acids is 1. The minimum atomic E-state index is -0.315. The van der Waals surface area contributed by atoms with Crippen molar-refractivity contribution in [3.63, 3.8) is 0 Å². The molecular formula is C15H13Cl2NO3. The number of methoxy groups -OCH3 is 2. The van der Waals surface area contributed by atoms with Crippen LogP contribution in [0.4, 0.5) is 5.69 Å². The van der Waals surface area contributed by atoms with Crippen LogP contribution in [0.15, 0.2) is 36.4 Å². The first kappa shape index (κ1) is 15.5. The molecule has 1 amide bonds. The third-order valence-electron chi connectivity index (χ3n) is 2.81. The molecule has 0 radical (unpaired) electrons. The van der Waals surface area contributed by atoms with E-state index in [1.54, 1.807) is 36.4 Å². The van der Waals surface area contributed by atoms with Crippen molar-refractivity contribution in [3.8, 4) is 11.5 Å². The van der Waals surface area contributed by atoms with Gasteiger partial charge in [-0.25, -0.2) is 0 Å². The Bertz CT molecular complexity index is 651. The lowest BCUT2D eigenvalue weighted by Gasteiger charge is -2.11. The van der Waals surface area contributed by atoms with Crippen molar-refractivity contribution in [1.29, 1.82) is 0 Å². The highest BCUT2D eigenvalue weighted by molar-refractivity contribution is 6.37. The lowest BCUT2D eigenvalue weighted by atomic mass is 10.2. The Balaban J connectivity index is 2.28. The number of halogens is 2. The number of carbonyl (C=O) groups is 1. The van der Waals surface area contributed by atoms with E-state index >= 15 is 0 Å². The van der Waals surface area contributed by atoms with Gasteiger partial charge in [0, 0.05) is 5.69 Å². The van der Waals surface area contributed by atoms with Gasteiger partial charge in [-0.3, -0.25) is 4.79 Å². The molecule has 0 aliphatic heterocycles. The first-order valence-electron chi connectivity index (χ1n) is 6.04. The maximum absolute atomic E-state index is 12.3. The second-order valence-electron chi connectivity index (χ2n) is 4.13. The second-order valence-corrected chi connectivity index (χ2v) is 4.94. The molecule has 0 saturated carbocycles. The highest BCUT2D eigenvalue weighted by atomic mass is 35.5. The SMILES string of the molecule is COc1ccccc1C(=O)Nc1cc(Cl)c(OC)c(Cl)c1. The van der Waals surface area contributed by atoms with E-state index in [0.29, 0.717) is 32.8 Å². The molecule has 0 atom stereocenters. The summed E-state index contributed by atoms with van der Waals surface area (Å²) in [4.78, 5) is 12.3. The largest absolute Gasteiger partial charge is 0.496 e. The van der Waals surface area contributed by atoms with E-state index in [0.717, 1.165) is 0 Å². The summed E-state index contributed by atoms with van der Waals surface area (Å²) in [5.74, 6) is 0.541. The van der Waals surface area contributed by atoms with Crippen LogP contribution in [0, 0.1) is 0 Å². The Hall–Kier alpha value is -1.91. The smallest absolute Gasteiger partial charge is 0.259 e. The molecule has 4 nitrogen and oxygen atoms in total. The summed E-state index contributed by atoms with van der Waals surface area (Å²) in [6, 6.07) is 10.1. The lowest BCUT2D eigenvalue weighted by molar-refractivity contribution is 0.102. The van der Waals surface area contributed by atoms with Crippen LogP contribution in [0.1, 0.15) is 10.4 Å². The van der Waals surface area contributed by atoms with Gasteiger partial charge in [0.05, 0.1) is 29.8 Å². The maximum atomic E-state index is 12.3. The number of ether oxygens (including phenoxy) is 2. The summed E-state index contributed by atoms with van der Waals surface area (Å²) in [5, 5.41) is 3.36. The molecule has 0 unspecified atom stereocenters. The third-order valence-corrected chi connectivity index (χ3v) is 3.37. The van der Waals surface area contributed by atoms with Gasteiger partial charge >= 0.3 is 0 Å². The van der Waals surface area contributed by atoms with Crippen LogP contribution in [-0.4, -0.2) is 20.1 Å². The van der Waals surface area contributed by atoms with E-state index in [9.17, 15) is 4.79 Å². The van der Waals surface area contributed by atoms with E-state index < -0.39 is 0 Å². The molecule has 2 aromatic rings. The number of para-hydroxylation sites is 1. The molecule has 0 bridgehead atoms. The standard InChI is InChI=1S/C15H13Cl2NO3/c1-20-13-6-4-3-5-10(13)15(19)18-9-7-11(16)14(21-2)12(17)8-9/h3-8H,1-2H3,(H,18,19). The average Bonchev–Trinajstić information content (AvgIpc) is 2.46. The van der Waals surface area contributed by atoms with Gasteiger partial charge in [0.25, 0.3) is 5.91 Å². The Morgan fingerprint density at radius 3 is 2.24 bits per heavy atom.